The van der Waals surface area contributed by atoms with Gasteiger partial charge in [-0.3, -0.25) is 0 Å². The standard InChI is InChI=1S/C12H17N3O4S/c16-5-6-19-9(10-2-1-7-20-10)8-14-12(18)15-4-3-13-11(15)17/h1-2,7,9,16H,3-6,8H2,(H,13,17)(H,14,18)/t9-/m1/s1. The van der Waals surface area contributed by atoms with E-state index >= 15 is 0 Å². The minimum absolute atomic E-state index is 0.0790. The highest BCUT2D eigenvalue weighted by atomic mass is 32.1. The van der Waals surface area contributed by atoms with Gasteiger partial charge in [-0.05, 0) is 11.4 Å². The molecule has 0 aromatic carbocycles. The highest BCUT2D eigenvalue weighted by molar-refractivity contribution is 7.10. The fourth-order valence-corrected chi connectivity index (χ4v) is 2.63. The number of aliphatic hydroxyl groups is 1. The minimum atomic E-state index is -0.436. The molecule has 3 N–H and O–H groups in total. The van der Waals surface area contributed by atoms with Crippen LogP contribution in [0.4, 0.5) is 9.59 Å². The molecule has 0 radical (unpaired) electrons. The highest BCUT2D eigenvalue weighted by Gasteiger charge is 2.26. The average molecular weight is 299 g/mol. The number of rotatable bonds is 6. The second kappa shape index (κ2) is 7.22. The number of nitrogens with zero attached hydrogens (tertiary/aromatic N) is 1. The molecule has 0 unspecified atom stereocenters. The minimum Gasteiger partial charge on any atom is -0.394 e. The molecule has 0 saturated carbocycles. The molecule has 1 aliphatic heterocycles. The summed E-state index contributed by atoms with van der Waals surface area (Å²) >= 11 is 1.52. The van der Waals surface area contributed by atoms with Gasteiger partial charge in [-0.15, -0.1) is 11.3 Å². The first-order valence-corrected chi connectivity index (χ1v) is 7.19. The van der Waals surface area contributed by atoms with Crippen LogP contribution in [0, 0.1) is 0 Å². The van der Waals surface area contributed by atoms with E-state index in [1.807, 2.05) is 17.5 Å². The summed E-state index contributed by atoms with van der Waals surface area (Å²) in [7, 11) is 0. The van der Waals surface area contributed by atoms with Gasteiger partial charge in [0.15, 0.2) is 0 Å². The van der Waals surface area contributed by atoms with Crippen LogP contribution >= 0.6 is 11.3 Å². The molecule has 110 valence electrons. The summed E-state index contributed by atoms with van der Waals surface area (Å²) in [5, 5.41) is 16.0. The molecule has 0 bridgehead atoms. The molecule has 1 aromatic rings. The Kier molecular flexibility index (Phi) is 5.33. The lowest BCUT2D eigenvalue weighted by atomic mass is 10.3. The van der Waals surface area contributed by atoms with Gasteiger partial charge in [-0.1, -0.05) is 6.07 Å². The van der Waals surface area contributed by atoms with Crippen molar-refractivity contribution in [2.75, 3.05) is 32.8 Å². The fraction of sp³-hybridized carbons (Fsp3) is 0.500. The van der Waals surface area contributed by atoms with Gasteiger partial charge in [0.2, 0.25) is 0 Å². The third-order valence-corrected chi connectivity index (χ3v) is 3.78. The van der Waals surface area contributed by atoms with E-state index in [9.17, 15) is 9.59 Å². The maximum Gasteiger partial charge on any atom is 0.325 e. The second-order valence-electron chi connectivity index (χ2n) is 4.17. The quantitative estimate of drug-likeness (QED) is 0.715. The van der Waals surface area contributed by atoms with Gasteiger partial charge in [-0.2, -0.15) is 0 Å². The first kappa shape index (κ1) is 14.8. The number of urea groups is 2. The summed E-state index contributed by atoms with van der Waals surface area (Å²) in [6, 6.07) is 2.98. The lowest BCUT2D eigenvalue weighted by molar-refractivity contribution is 0.0310. The summed E-state index contributed by atoms with van der Waals surface area (Å²) in [6.45, 7) is 1.21. The summed E-state index contributed by atoms with van der Waals surface area (Å²) in [5.74, 6) is 0. The maximum atomic E-state index is 11.9. The van der Waals surface area contributed by atoms with Crippen molar-refractivity contribution in [2.24, 2.45) is 0 Å². The number of ether oxygens (including phenoxy) is 1. The first-order valence-electron chi connectivity index (χ1n) is 6.31. The van der Waals surface area contributed by atoms with Crippen molar-refractivity contribution >= 4 is 23.4 Å². The van der Waals surface area contributed by atoms with Crippen LogP contribution < -0.4 is 10.6 Å². The Morgan fingerprint density at radius 2 is 2.50 bits per heavy atom. The Balaban J connectivity index is 1.88. The zero-order valence-corrected chi connectivity index (χ0v) is 11.7. The van der Waals surface area contributed by atoms with Crippen molar-refractivity contribution in [1.29, 1.82) is 0 Å². The summed E-state index contributed by atoms with van der Waals surface area (Å²) < 4.78 is 5.50. The van der Waals surface area contributed by atoms with E-state index in [0.717, 1.165) is 9.78 Å². The van der Waals surface area contributed by atoms with Gasteiger partial charge in [-0.25, -0.2) is 14.5 Å². The van der Waals surface area contributed by atoms with Crippen LogP contribution in [-0.4, -0.2) is 54.9 Å². The van der Waals surface area contributed by atoms with Crippen molar-refractivity contribution in [2.45, 2.75) is 6.10 Å². The normalized spacial score (nSPS) is 16.1. The Labute approximate surface area is 120 Å². The number of amides is 4. The van der Waals surface area contributed by atoms with Gasteiger partial charge >= 0.3 is 12.1 Å². The molecule has 2 rings (SSSR count). The van der Waals surface area contributed by atoms with Gasteiger partial charge in [0.1, 0.15) is 6.10 Å². The average Bonchev–Trinajstić information content (AvgIpc) is 3.10. The molecule has 4 amide bonds. The summed E-state index contributed by atoms with van der Waals surface area (Å²) in [5.41, 5.74) is 0. The summed E-state index contributed by atoms with van der Waals surface area (Å²) in [4.78, 5) is 25.3. The van der Waals surface area contributed by atoms with E-state index in [1.54, 1.807) is 0 Å². The topological polar surface area (TPSA) is 90.9 Å². The maximum absolute atomic E-state index is 11.9. The van der Waals surface area contributed by atoms with Crippen molar-refractivity contribution in [3.63, 3.8) is 0 Å². The molecule has 2 heterocycles. The predicted molar refractivity (Wildman–Crippen MR) is 73.6 cm³/mol. The van der Waals surface area contributed by atoms with Gasteiger partial charge < -0.3 is 20.5 Å². The van der Waals surface area contributed by atoms with Crippen LogP contribution in [-0.2, 0) is 4.74 Å². The van der Waals surface area contributed by atoms with E-state index in [4.69, 9.17) is 9.84 Å². The first-order chi connectivity index (χ1) is 9.72. The van der Waals surface area contributed by atoms with Crippen LogP contribution in [0.5, 0.6) is 0 Å². The Morgan fingerprint density at radius 1 is 1.65 bits per heavy atom. The van der Waals surface area contributed by atoms with Gasteiger partial charge in [0.05, 0.1) is 19.8 Å². The van der Waals surface area contributed by atoms with Crippen LogP contribution in [0.1, 0.15) is 11.0 Å². The number of carbonyl (C=O) groups is 2. The number of hydrogen-bond acceptors (Lipinski definition) is 5. The molecular weight excluding hydrogens is 282 g/mol. The molecule has 20 heavy (non-hydrogen) atoms. The number of thiophene rings is 1. The molecule has 1 atom stereocenters. The lowest BCUT2D eigenvalue weighted by Crippen LogP contribution is -2.43. The number of imide groups is 1. The molecule has 1 saturated heterocycles. The highest BCUT2D eigenvalue weighted by Crippen LogP contribution is 2.21. The van der Waals surface area contributed by atoms with Crippen molar-refractivity contribution in [3.05, 3.63) is 22.4 Å². The zero-order valence-electron chi connectivity index (χ0n) is 10.9. The largest absolute Gasteiger partial charge is 0.394 e. The van der Waals surface area contributed by atoms with Crippen molar-refractivity contribution < 1.29 is 19.4 Å². The van der Waals surface area contributed by atoms with E-state index in [-0.39, 0.29) is 31.9 Å². The third kappa shape index (κ3) is 3.69. The zero-order chi connectivity index (χ0) is 14.4. The van der Waals surface area contributed by atoms with E-state index in [2.05, 4.69) is 10.6 Å². The molecule has 1 fully saturated rings. The van der Waals surface area contributed by atoms with Crippen LogP contribution in [0.2, 0.25) is 0 Å². The Bertz CT molecular complexity index is 452. The van der Waals surface area contributed by atoms with Crippen molar-refractivity contribution in [3.8, 4) is 0 Å². The lowest BCUT2D eigenvalue weighted by Gasteiger charge is -2.19. The third-order valence-electron chi connectivity index (χ3n) is 2.81. The molecule has 1 aromatic heterocycles. The molecular formula is C12H17N3O4S. The smallest absolute Gasteiger partial charge is 0.325 e. The van der Waals surface area contributed by atoms with E-state index < -0.39 is 6.03 Å². The monoisotopic (exact) mass is 299 g/mol. The fourth-order valence-electron chi connectivity index (χ4n) is 1.85. The SMILES string of the molecule is O=C1NCCN1C(=O)NC[C@@H](OCCO)c1cccs1. The van der Waals surface area contributed by atoms with Crippen LogP contribution in [0.15, 0.2) is 17.5 Å². The summed E-state index contributed by atoms with van der Waals surface area (Å²) in [6.07, 6.45) is -0.322. The number of aliphatic hydroxyl groups excluding tert-OH is 1. The predicted octanol–water partition coefficient (Wildman–Crippen LogP) is 0.533. The molecule has 0 aliphatic carbocycles. The second-order valence-corrected chi connectivity index (χ2v) is 5.15. The van der Waals surface area contributed by atoms with Crippen LogP contribution in [0.3, 0.4) is 0 Å². The molecule has 1 aliphatic rings. The van der Waals surface area contributed by atoms with Gasteiger partial charge in [0.25, 0.3) is 0 Å². The molecule has 8 heteroatoms. The molecule has 7 nitrogen and oxygen atoms in total. The van der Waals surface area contributed by atoms with Crippen LogP contribution in [0.25, 0.3) is 0 Å². The number of carbonyl (C=O) groups excluding carboxylic acids is 2. The molecule has 0 spiro atoms. The number of hydrogen-bond donors (Lipinski definition) is 3. The van der Waals surface area contributed by atoms with E-state index in [1.165, 1.54) is 11.3 Å². The Hall–Kier alpha value is -1.64. The van der Waals surface area contributed by atoms with Crippen molar-refractivity contribution in [1.82, 2.24) is 15.5 Å². The van der Waals surface area contributed by atoms with E-state index in [0.29, 0.717) is 13.1 Å². The number of nitrogens with one attached hydrogen (secondary N) is 2. The Morgan fingerprint density at radius 3 is 3.10 bits per heavy atom. The van der Waals surface area contributed by atoms with Gasteiger partial charge in [0, 0.05) is 18.0 Å².